The van der Waals surface area contributed by atoms with Gasteiger partial charge in [0.05, 0.1) is 5.56 Å². The second kappa shape index (κ2) is 9.53. The van der Waals surface area contributed by atoms with Gasteiger partial charge in [-0.15, -0.1) is 0 Å². The maximum atomic E-state index is 13.9. The molecule has 7 heteroatoms. The van der Waals surface area contributed by atoms with E-state index in [9.17, 15) is 9.18 Å². The van der Waals surface area contributed by atoms with E-state index in [1.807, 2.05) is 38.1 Å². The Bertz CT molecular complexity index is 1100. The Morgan fingerprint density at radius 1 is 1.09 bits per heavy atom. The summed E-state index contributed by atoms with van der Waals surface area (Å²) in [6, 6.07) is 12.8. The first-order valence-electron chi connectivity index (χ1n) is 10.8. The van der Waals surface area contributed by atoms with Crippen molar-refractivity contribution in [1.29, 1.82) is 0 Å². The van der Waals surface area contributed by atoms with Crippen LogP contribution in [0, 0.1) is 26.6 Å². The molecule has 1 aliphatic heterocycles. The van der Waals surface area contributed by atoms with Crippen LogP contribution in [0.1, 0.15) is 38.5 Å². The Balaban J connectivity index is 1.39. The minimum atomic E-state index is -0.197. The van der Waals surface area contributed by atoms with Gasteiger partial charge in [-0.1, -0.05) is 35.5 Å². The average molecular weight is 438 g/mol. The van der Waals surface area contributed by atoms with E-state index in [-0.39, 0.29) is 18.3 Å². The molecule has 6 nitrogen and oxygen atoms in total. The summed E-state index contributed by atoms with van der Waals surface area (Å²) >= 11 is 0. The van der Waals surface area contributed by atoms with Crippen molar-refractivity contribution in [2.24, 2.45) is 0 Å². The minimum Gasteiger partial charge on any atom is -0.488 e. The van der Waals surface area contributed by atoms with Crippen LogP contribution in [0.3, 0.4) is 0 Å². The van der Waals surface area contributed by atoms with Crippen molar-refractivity contribution in [3.05, 3.63) is 82.0 Å². The van der Waals surface area contributed by atoms with Gasteiger partial charge in [0.15, 0.2) is 5.69 Å². The van der Waals surface area contributed by atoms with Crippen LogP contribution in [-0.2, 0) is 13.2 Å². The third-order valence-electron chi connectivity index (χ3n) is 5.91. The zero-order chi connectivity index (χ0) is 22.7. The minimum absolute atomic E-state index is 0.160. The molecular weight excluding hydrogens is 409 g/mol. The van der Waals surface area contributed by atoms with Gasteiger partial charge in [0.1, 0.15) is 23.9 Å². The number of nitrogens with zero attached hydrogens (tertiary/aromatic N) is 3. The number of aromatic nitrogens is 1. The molecule has 0 radical (unpaired) electrons. The Morgan fingerprint density at radius 3 is 2.59 bits per heavy atom. The highest BCUT2D eigenvalue weighted by Crippen LogP contribution is 2.23. The van der Waals surface area contributed by atoms with Crippen LogP contribution < -0.4 is 4.74 Å². The standard InChI is InChI=1S/C25H28FN3O3/c1-17-8-9-18(2)23(14-17)31-16-21-19(3)32-27-24(21)25(30)29-12-10-28(11-13-29)15-20-6-4-5-7-22(20)26/h4-9,14H,10-13,15-16H2,1-3H3. The maximum absolute atomic E-state index is 13.9. The molecule has 1 fully saturated rings. The van der Waals surface area contributed by atoms with Crippen molar-refractivity contribution in [3.63, 3.8) is 0 Å². The fourth-order valence-electron chi connectivity index (χ4n) is 3.87. The first kappa shape index (κ1) is 22.0. The molecule has 2 aromatic carbocycles. The molecule has 32 heavy (non-hydrogen) atoms. The van der Waals surface area contributed by atoms with Gasteiger partial charge in [0.25, 0.3) is 5.91 Å². The number of halogens is 1. The topological polar surface area (TPSA) is 58.8 Å². The van der Waals surface area contributed by atoms with Crippen LogP contribution >= 0.6 is 0 Å². The van der Waals surface area contributed by atoms with E-state index in [0.29, 0.717) is 55.3 Å². The molecule has 2 heterocycles. The molecule has 1 aromatic heterocycles. The highest BCUT2D eigenvalue weighted by Gasteiger charge is 2.28. The molecule has 1 aliphatic rings. The second-order valence-electron chi connectivity index (χ2n) is 8.28. The molecule has 0 atom stereocenters. The summed E-state index contributed by atoms with van der Waals surface area (Å²) < 4.78 is 25.3. The van der Waals surface area contributed by atoms with E-state index in [2.05, 4.69) is 10.1 Å². The Hall–Kier alpha value is -3.19. The number of piperazine rings is 1. The number of hydrogen-bond donors (Lipinski definition) is 0. The Kier molecular flexibility index (Phi) is 6.55. The zero-order valence-corrected chi connectivity index (χ0v) is 18.7. The summed E-state index contributed by atoms with van der Waals surface area (Å²) in [6.07, 6.45) is 0. The van der Waals surface area contributed by atoms with E-state index in [1.54, 1.807) is 24.0 Å². The summed E-state index contributed by atoms with van der Waals surface area (Å²) in [4.78, 5) is 17.1. The molecule has 0 unspecified atom stereocenters. The Labute approximate surface area is 187 Å². The summed E-state index contributed by atoms with van der Waals surface area (Å²) in [5.41, 5.74) is 3.78. The van der Waals surface area contributed by atoms with Gasteiger partial charge < -0.3 is 14.2 Å². The number of carbonyl (C=O) groups excluding carboxylic acids is 1. The SMILES string of the molecule is Cc1ccc(C)c(OCc2c(C(=O)N3CCN(Cc4ccccc4F)CC3)noc2C)c1. The molecule has 4 rings (SSSR count). The van der Waals surface area contributed by atoms with Crippen molar-refractivity contribution in [3.8, 4) is 5.75 Å². The molecular formula is C25H28FN3O3. The summed E-state index contributed by atoms with van der Waals surface area (Å²) in [7, 11) is 0. The molecule has 168 valence electrons. The summed E-state index contributed by atoms with van der Waals surface area (Å²) in [5, 5.41) is 4.03. The predicted molar refractivity (Wildman–Crippen MR) is 119 cm³/mol. The average Bonchev–Trinajstić information content (AvgIpc) is 3.16. The summed E-state index contributed by atoms with van der Waals surface area (Å²) in [5.74, 6) is 1.01. The third kappa shape index (κ3) is 4.83. The fourth-order valence-corrected chi connectivity index (χ4v) is 3.87. The van der Waals surface area contributed by atoms with Crippen LogP contribution in [0.2, 0.25) is 0 Å². The number of rotatable bonds is 6. The van der Waals surface area contributed by atoms with Gasteiger partial charge in [-0.3, -0.25) is 9.69 Å². The molecule has 3 aromatic rings. The number of ether oxygens (including phenoxy) is 1. The van der Waals surface area contributed by atoms with Crippen LogP contribution in [0.4, 0.5) is 4.39 Å². The molecule has 0 saturated carbocycles. The van der Waals surface area contributed by atoms with Gasteiger partial charge in [-0.2, -0.15) is 0 Å². The van der Waals surface area contributed by atoms with Crippen molar-refractivity contribution >= 4 is 5.91 Å². The van der Waals surface area contributed by atoms with Crippen LogP contribution in [-0.4, -0.2) is 47.0 Å². The van der Waals surface area contributed by atoms with Crippen LogP contribution in [0.25, 0.3) is 0 Å². The highest BCUT2D eigenvalue weighted by molar-refractivity contribution is 5.93. The number of hydrogen-bond acceptors (Lipinski definition) is 5. The zero-order valence-electron chi connectivity index (χ0n) is 18.7. The van der Waals surface area contributed by atoms with Crippen LogP contribution in [0.5, 0.6) is 5.75 Å². The lowest BCUT2D eigenvalue weighted by molar-refractivity contribution is 0.0614. The molecule has 1 amide bonds. The van der Waals surface area contributed by atoms with E-state index < -0.39 is 0 Å². The quantitative estimate of drug-likeness (QED) is 0.576. The number of aryl methyl sites for hydroxylation is 3. The van der Waals surface area contributed by atoms with Crippen molar-refractivity contribution in [2.45, 2.75) is 33.9 Å². The van der Waals surface area contributed by atoms with E-state index in [4.69, 9.17) is 9.26 Å². The van der Waals surface area contributed by atoms with E-state index >= 15 is 0 Å². The molecule has 0 spiro atoms. The van der Waals surface area contributed by atoms with E-state index in [0.717, 1.165) is 16.9 Å². The normalized spacial score (nSPS) is 14.6. The largest absolute Gasteiger partial charge is 0.488 e. The smallest absolute Gasteiger partial charge is 0.276 e. The summed E-state index contributed by atoms with van der Waals surface area (Å²) in [6.45, 7) is 8.99. The fraction of sp³-hybridized carbons (Fsp3) is 0.360. The molecule has 0 N–H and O–H groups in total. The van der Waals surface area contributed by atoms with Gasteiger partial charge in [-0.05, 0) is 44.0 Å². The number of amides is 1. The lowest BCUT2D eigenvalue weighted by Gasteiger charge is -2.34. The predicted octanol–water partition coefficient (Wildman–Crippen LogP) is 4.28. The molecule has 0 bridgehead atoms. The first-order chi connectivity index (χ1) is 15.4. The van der Waals surface area contributed by atoms with Gasteiger partial charge in [-0.25, -0.2) is 4.39 Å². The second-order valence-corrected chi connectivity index (χ2v) is 8.28. The van der Waals surface area contributed by atoms with Crippen molar-refractivity contribution in [2.75, 3.05) is 26.2 Å². The Morgan fingerprint density at radius 2 is 1.84 bits per heavy atom. The first-order valence-corrected chi connectivity index (χ1v) is 10.8. The third-order valence-corrected chi connectivity index (χ3v) is 5.91. The number of carbonyl (C=O) groups is 1. The molecule has 1 saturated heterocycles. The van der Waals surface area contributed by atoms with Gasteiger partial charge >= 0.3 is 0 Å². The van der Waals surface area contributed by atoms with E-state index in [1.165, 1.54) is 6.07 Å². The van der Waals surface area contributed by atoms with Crippen molar-refractivity contribution in [1.82, 2.24) is 15.0 Å². The monoisotopic (exact) mass is 437 g/mol. The van der Waals surface area contributed by atoms with Gasteiger partial charge in [0.2, 0.25) is 0 Å². The maximum Gasteiger partial charge on any atom is 0.276 e. The lowest BCUT2D eigenvalue weighted by Crippen LogP contribution is -2.48. The molecule has 0 aliphatic carbocycles. The van der Waals surface area contributed by atoms with Gasteiger partial charge in [0, 0.05) is 38.3 Å². The van der Waals surface area contributed by atoms with Crippen LogP contribution in [0.15, 0.2) is 47.0 Å². The number of benzene rings is 2. The highest BCUT2D eigenvalue weighted by atomic mass is 19.1. The lowest BCUT2D eigenvalue weighted by atomic mass is 10.1. The van der Waals surface area contributed by atoms with Crippen molar-refractivity contribution < 1.29 is 18.4 Å².